The van der Waals surface area contributed by atoms with Crippen molar-refractivity contribution in [2.75, 3.05) is 26.2 Å². The van der Waals surface area contributed by atoms with Crippen LogP contribution in [0, 0.1) is 0 Å². The van der Waals surface area contributed by atoms with E-state index in [1.54, 1.807) is 17.1 Å². The average Bonchev–Trinajstić information content (AvgIpc) is 2.69. The fourth-order valence-corrected chi connectivity index (χ4v) is 2.39. The van der Waals surface area contributed by atoms with Gasteiger partial charge in [0.25, 0.3) is 0 Å². The summed E-state index contributed by atoms with van der Waals surface area (Å²) in [5, 5.41) is 7.55. The predicted molar refractivity (Wildman–Crippen MR) is 72.5 cm³/mol. The molecular formula is C13H23N5O. The molecule has 2 rings (SSSR count). The molecule has 1 aromatic rings. The Morgan fingerprint density at radius 1 is 1.21 bits per heavy atom. The lowest BCUT2D eigenvalue weighted by Gasteiger charge is -2.34. The van der Waals surface area contributed by atoms with Gasteiger partial charge in [0.05, 0.1) is 6.20 Å². The Balaban J connectivity index is 1.90. The quantitative estimate of drug-likeness (QED) is 0.786. The van der Waals surface area contributed by atoms with E-state index in [1.807, 2.05) is 4.90 Å². The number of rotatable bonds is 2. The fraction of sp³-hybridized carbons (Fsp3) is 0.769. The lowest BCUT2D eigenvalue weighted by molar-refractivity contribution is -0.132. The number of amides is 1. The first kappa shape index (κ1) is 14.0. The Morgan fingerprint density at radius 2 is 2.00 bits per heavy atom. The maximum absolute atomic E-state index is 12.2. The fourth-order valence-electron chi connectivity index (χ4n) is 2.39. The second-order valence-corrected chi connectivity index (χ2v) is 5.99. The van der Waals surface area contributed by atoms with Crippen LogP contribution in [0.25, 0.3) is 0 Å². The van der Waals surface area contributed by atoms with Gasteiger partial charge in [-0.2, -0.15) is 0 Å². The molecule has 1 aliphatic heterocycles. The summed E-state index contributed by atoms with van der Waals surface area (Å²) < 4.78 is 1.58. The van der Waals surface area contributed by atoms with Crippen molar-refractivity contribution in [2.45, 2.75) is 39.3 Å². The number of hydrogen-bond acceptors (Lipinski definition) is 4. The van der Waals surface area contributed by atoms with Crippen molar-refractivity contribution < 1.29 is 4.79 Å². The first-order valence-electron chi connectivity index (χ1n) is 6.84. The summed E-state index contributed by atoms with van der Waals surface area (Å²) >= 11 is 0. The standard InChI is InChI=1S/C13H23N5O/c1-13(2,3)17-7-4-6-16(9-10-17)12(19)11-18-8-5-14-15-18/h5,8H,4,6-7,9-11H2,1-3H3. The molecule has 0 N–H and O–H groups in total. The molecule has 0 saturated carbocycles. The Bertz CT molecular complexity index is 409. The largest absolute Gasteiger partial charge is 0.340 e. The van der Waals surface area contributed by atoms with E-state index in [9.17, 15) is 4.79 Å². The van der Waals surface area contributed by atoms with E-state index in [0.29, 0.717) is 0 Å². The monoisotopic (exact) mass is 265 g/mol. The molecule has 19 heavy (non-hydrogen) atoms. The van der Waals surface area contributed by atoms with Gasteiger partial charge in [0.1, 0.15) is 6.54 Å². The van der Waals surface area contributed by atoms with Gasteiger partial charge in [-0.1, -0.05) is 5.21 Å². The molecule has 106 valence electrons. The lowest BCUT2D eigenvalue weighted by Crippen LogP contribution is -2.44. The van der Waals surface area contributed by atoms with Crippen LogP contribution in [0.4, 0.5) is 0 Å². The van der Waals surface area contributed by atoms with Crippen LogP contribution < -0.4 is 0 Å². The molecule has 1 amide bonds. The van der Waals surface area contributed by atoms with Crippen LogP contribution >= 0.6 is 0 Å². The van der Waals surface area contributed by atoms with Gasteiger partial charge < -0.3 is 4.90 Å². The van der Waals surface area contributed by atoms with E-state index in [2.05, 4.69) is 36.0 Å². The zero-order valence-corrected chi connectivity index (χ0v) is 12.0. The summed E-state index contributed by atoms with van der Waals surface area (Å²) in [7, 11) is 0. The number of aromatic nitrogens is 3. The van der Waals surface area contributed by atoms with Crippen LogP contribution in [0.15, 0.2) is 12.4 Å². The molecule has 0 radical (unpaired) electrons. The third kappa shape index (κ3) is 3.76. The highest BCUT2D eigenvalue weighted by molar-refractivity contribution is 5.75. The molecule has 1 saturated heterocycles. The first-order chi connectivity index (χ1) is 8.97. The van der Waals surface area contributed by atoms with Gasteiger partial charge in [0, 0.05) is 37.9 Å². The molecule has 0 bridgehead atoms. The van der Waals surface area contributed by atoms with Gasteiger partial charge in [-0.25, -0.2) is 4.68 Å². The van der Waals surface area contributed by atoms with Crippen LogP contribution in [-0.2, 0) is 11.3 Å². The highest BCUT2D eigenvalue weighted by Gasteiger charge is 2.25. The summed E-state index contributed by atoms with van der Waals surface area (Å²) in [5.74, 6) is 0.126. The minimum atomic E-state index is 0.126. The molecular weight excluding hydrogens is 242 g/mol. The SMILES string of the molecule is CC(C)(C)N1CCCN(C(=O)Cn2ccnn2)CC1. The van der Waals surface area contributed by atoms with E-state index >= 15 is 0 Å². The Kier molecular flexibility index (Phi) is 4.19. The number of nitrogens with zero attached hydrogens (tertiary/aromatic N) is 5. The van der Waals surface area contributed by atoms with Gasteiger partial charge in [-0.05, 0) is 27.2 Å². The van der Waals surface area contributed by atoms with Crippen molar-refractivity contribution in [3.8, 4) is 0 Å². The molecule has 1 aliphatic rings. The Hall–Kier alpha value is -1.43. The lowest BCUT2D eigenvalue weighted by atomic mass is 10.1. The molecule has 0 aromatic carbocycles. The van der Waals surface area contributed by atoms with E-state index < -0.39 is 0 Å². The zero-order chi connectivity index (χ0) is 13.9. The topological polar surface area (TPSA) is 54.3 Å². The van der Waals surface area contributed by atoms with Crippen molar-refractivity contribution in [1.29, 1.82) is 0 Å². The van der Waals surface area contributed by atoms with E-state index in [0.717, 1.165) is 32.6 Å². The van der Waals surface area contributed by atoms with Gasteiger partial charge in [0.15, 0.2) is 0 Å². The van der Waals surface area contributed by atoms with Gasteiger partial charge >= 0.3 is 0 Å². The second-order valence-electron chi connectivity index (χ2n) is 5.99. The van der Waals surface area contributed by atoms with Crippen molar-refractivity contribution in [3.05, 3.63) is 12.4 Å². The molecule has 2 heterocycles. The molecule has 6 nitrogen and oxygen atoms in total. The van der Waals surface area contributed by atoms with E-state index in [-0.39, 0.29) is 18.0 Å². The number of carbonyl (C=O) groups is 1. The van der Waals surface area contributed by atoms with Crippen LogP contribution in [0.5, 0.6) is 0 Å². The van der Waals surface area contributed by atoms with Crippen molar-refractivity contribution >= 4 is 5.91 Å². The number of hydrogen-bond donors (Lipinski definition) is 0. The normalized spacial score (nSPS) is 18.4. The zero-order valence-electron chi connectivity index (χ0n) is 12.0. The first-order valence-corrected chi connectivity index (χ1v) is 6.84. The Labute approximate surface area is 114 Å². The summed E-state index contributed by atoms with van der Waals surface area (Å²) in [6.45, 7) is 10.6. The second kappa shape index (κ2) is 5.69. The maximum atomic E-state index is 12.2. The predicted octanol–water partition coefficient (Wildman–Crippen LogP) is 0.611. The molecule has 6 heteroatoms. The van der Waals surface area contributed by atoms with E-state index in [4.69, 9.17) is 0 Å². The van der Waals surface area contributed by atoms with Crippen LogP contribution in [0.2, 0.25) is 0 Å². The summed E-state index contributed by atoms with van der Waals surface area (Å²) in [5.41, 5.74) is 0.172. The summed E-state index contributed by atoms with van der Waals surface area (Å²) in [4.78, 5) is 16.6. The minimum Gasteiger partial charge on any atom is -0.340 e. The maximum Gasteiger partial charge on any atom is 0.244 e. The van der Waals surface area contributed by atoms with Crippen LogP contribution in [0.1, 0.15) is 27.2 Å². The van der Waals surface area contributed by atoms with Crippen molar-refractivity contribution in [2.24, 2.45) is 0 Å². The molecule has 0 aliphatic carbocycles. The summed E-state index contributed by atoms with van der Waals surface area (Å²) in [6, 6.07) is 0. The number of carbonyl (C=O) groups excluding carboxylic acids is 1. The molecule has 0 spiro atoms. The summed E-state index contributed by atoms with van der Waals surface area (Å²) in [6.07, 6.45) is 4.34. The van der Waals surface area contributed by atoms with E-state index in [1.165, 1.54) is 0 Å². The average molecular weight is 265 g/mol. The Morgan fingerprint density at radius 3 is 2.63 bits per heavy atom. The third-order valence-electron chi connectivity index (χ3n) is 3.57. The van der Waals surface area contributed by atoms with Crippen LogP contribution in [-0.4, -0.2) is 62.4 Å². The molecule has 0 unspecified atom stereocenters. The smallest absolute Gasteiger partial charge is 0.244 e. The minimum absolute atomic E-state index is 0.126. The van der Waals surface area contributed by atoms with Gasteiger partial charge in [0.2, 0.25) is 5.91 Å². The van der Waals surface area contributed by atoms with Gasteiger partial charge in [-0.3, -0.25) is 9.69 Å². The molecule has 1 aromatic heterocycles. The highest BCUT2D eigenvalue weighted by Crippen LogP contribution is 2.16. The molecule has 0 atom stereocenters. The van der Waals surface area contributed by atoms with Crippen LogP contribution in [0.3, 0.4) is 0 Å². The third-order valence-corrected chi connectivity index (χ3v) is 3.57. The highest BCUT2D eigenvalue weighted by atomic mass is 16.2. The van der Waals surface area contributed by atoms with Gasteiger partial charge in [-0.15, -0.1) is 5.10 Å². The van der Waals surface area contributed by atoms with Crippen molar-refractivity contribution in [1.82, 2.24) is 24.8 Å². The van der Waals surface area contributed by atoms with Crippen molar-refractivity contribution in [3.63, 3.8) is 0 Å². The molecule has 1 fully saturated rings.